The van der Waals surface area contributed by atoms with Gasteiger partial charge in [0, 0.05) is 5.56 Å². The molecule has 0 saturated carbocycles. The second-order valence-corrected chi connectivity index (χ2v) is 4.88. The Bertz CT molecular complexity index is 612. The first-order valence-corrected chi connectivity index (χ1v) is 7.02. The van der Waals surface area contributed by atoms with E-state index in [-0.39, 0.29) is 11.9 Å². The molecule has 4 heteroatoms. The summed E-state index contributed by atoms with van der Waals surface area (Å²) in [7, 11) is 0. The van der Waals surface area contributed by atoms with Crippen LogP contribution in [0.25, 0.3) is 0 Å². The smallest absolute Gasteiger partial charge is 0.224 e. The van der Waals surface area contributed by atoms with Gasteiger partial charge in [-0.25, -0.2) is 0 Å². The van der Waals surface area contributed by atoms with E-state index in [1.807, 2.05) is 54.6 Å². The number of ether oxygens (including phenoxy) is 2. The lowest BCUT2D eigenvalue weighted by atomic mass is 10.1. The molecule has 0 fully saturated rings. The minimum Gasteiger partial charge on any atom is -0.493 e. The van der Waals surface area contributed by atoms with Gasteiger partial charge < -0.3 is 14.8 Å². The van der Waals surface area contributed by atoms with Gasteiger partial charge in [-0.05, 0) is 18.2 Å². The fourth-order valence-corrected chi connectivity index (χ4v) is 2.33. The second kappa shape index (κ2) is 6.31. The van der Waals surface area contributed by atoms with Crippen LogP contribution in [0.1, 0.15) is 18.0 Å². The van der Waals surface area contributed by atoms with Gasteiger partial charge >= 0.3 is 0 Å². The van der Waals surface area contributed by atoms with Crippen molar-refractivity contribution < 1.29 is 14.3 Å². The average molecular weight is 283 g/mol. The molecule has 0 aromatic heterocycles. The van der Waals surface area contributed by atoms with Crippen molar-refractivity contribution in [2.24, 2.45) is 0 Å². The van der Waals surface area contributed by atoms with Gasteiger partial charge in [0.05, 0.1) is 19.1 Å². The number of hydrogen-bond donors (Lipinski definition) is 1. The van der Waals surface area contributed by atoms with Gasteiger partial charge in [-0.1, -0.05) is 36.4 Å². The molecule has 0 saturated heterocycles. The molecule has 1 N–H and O–H groups in total. The monoisotopic (exact) mass is 283 g/mol. The number of hydrogen-bond acceptors (Lipinski definition) is 3. The molecule has 1 aliphatic rings. The highest BCUT2D eigenvalue weighted by Gasteiger charge is 2.24. The summed E-state index contributed by atoms with van der Waals surface area (Å²) in [5.41, 5.74) is 1.04. The third-order valence-electron chi connectivity index (χ3n) is 3.38. The second-order valence-electron chi connectivity index (χ2n) is 4.88. The zero-order valence-electron chi connectivity index (χ0n) is 11.6. The molecule has 1 heterocycles. The Morgan fingerprint density at radius 3 is 2.76 bits per heavy atom. The van der Waals surface area contributed by atoms with E-state index >= 15 is 0 Å². The zero-order valence-corrected chi connectivity index (χ0v) is 11.6. The van der Waals surface area contributed by atoms with Crippen molar-refractivity contribution in [3.63, 3.8) is 0 Å². The minimum absolute atomic E-state index is 0.0313. The third-order valence-corrected chi connectivity index (χ3v) is 3.38. The summed E-state index contributed by atoms with van der Waals surface area (Å²) >= 11 is 0. The largest absolute Gasteiger partial charge is 0.493 e. The van der Waals surface area contributed by atoms with Crippen molar-refractivity contribution in [1.82, 2.24) is 5.32 Å². The van der Waals surface area contributed by atoms with Crippen molar-refractivity contribution in [2.45, 2.75) is 12.5 Å². The lowest BCUT2D eigenvalue weighted by Gasteiger charge is -2.12. The van der Waals surface area contributed by atoms with E-state index in [4.69, 9.17) is 9.47 Å². The molecule has 4 nitrogen and oxygen atoms in total. The Kier molecular flexibility index (Phi) is 4.05. The normalized spacial score (nSPS) is 15.9. The molecule has 0 radical (unpaired) electrons. The van der Waals surface area contributed by atoms with E-state index in [0.717, 1.165) is 17.1 Å². The summed E-state index contributed by atoms with van der Waals surface area (Å²) < 4.78 is 11.1. The van der Waals surface area contributed by atoms with Crippen LogP contribution in [0.3, 0.4) is 0 Å². The topological polar surface area (TPSA) is 47.6 Å². The highest BCUT2D eigenvalue weighted by Crippen LogP contribution is 2.31. The van der Waals surface area contributed by atoms with Crippen LogP contribution in [0.4, 0.5) is 0 Å². The quantitative estimate of drug-likeness (QED) is 0.917. The Labute approximate surface area is 123 Å². The standard InChI is InChI=1S/C17H17NO3/c19-17(10-11-20-13-6-2-1-3-7-13)18-15-12-21-16-9-5-4-8-14(15)16/h1-9,15H,10-12H2,(H,18,19). The molecule has 2 aromatic carbocycles. The van der Waals surface area contributed by atoms with Crippen LogP contribution in [-0.2, 0) is 4.79 Å². The number of nitrogens with one attached hydrogen (secondary N) is 1. The number of amides is 1. The Balaban J connectivity index is 1.47. The number of rotatable bonds is 5. The third kappa shape index (κ3) is 3.34. The Hall–Kier alpha value is -2.49. The maximum Gasteiger partial charge on any atom is 0.224 e. The maximum absolute atomic E-state index is 12.0. The predicted octanol–water partition coefficient (Wildman–Crippen LogP) is 2.71. The van der Waals surface area contributed by atoms with Crippen molar-refractivity contribution in [3.05, 3.63) is 60.2 Å². The van der Waals surface area contributed by atoms with Gasteiger partial charge in [-0.15, -0.1) is 0 Å². The van der Waals surface area contributed by atoms with E-state index in [1.54, 1.807) is 0 Å². The zero-order chi connectivity index (χ0) is 14.5. The van der Waals surface area contributed by atoms with Gasteiger partial charge in [0.15, 0.2) is 0 Å². The summed E-state index contributed by atoms with van der Waals surface area (Å²) in [6, 6.07) is 17.2. The molecule has 1 aliphatic heterocycles. The molecule has 1 atom stereocenters. The molecule has 2 aromatic rings. The molecule has 1 amide bonds. The fourth-order valence-electron chi connectivity index (χ4n) is 2.33. The van der Waals surface area contributed by atoms with Crippen LogP contribution in [0.2, 0.25) is 0 Å². The maximum atomic E-state index is 12.0. The van der Waals surface area contributed by atoms with Crippen molar-refractivity contribution in [3.8, 4) is 11.5 Å². The first-order chi connectivity index (χ1) is 10.3. The van der Waals surface area contributed by atoms with Crippen LogP contribution < -0.4 is 14.8 Å². The van der Waals surface area contributed by atoms with Crippen LogP contribution in [0, 0.1) is 0 Å². The van der Waals surface area contributed by atoms with E-state index in [1.165, 1.54) is 0 Å². The molecular weight excluding hydrogens is 266 g/mol. The lowest BCUT2D eigenvalue weighted by molar-refractivity contribution is -0.122. The Morgan fingerprint density at radius 1 is 1.14 bits per heavy atom. The van der Waals surface area contributed by atoms with Gasteiger partial charge in [0.25, 0.3) is 0 Å². The predicted molar refractivity (Wildman–Crippen MR) is 79.4 cm³/mol. The number of benzene rings is 2. The van der Waals surface area contributed by atoms with E-state index in [0.29, 0.717) is 19.6 Å². The molecule has 108 valence electrons. The summed E-state index contributed by atoms with van der Waals surface area (Å²) in [5.74, 6) is 1.60. The Morgan fingerprint density at radius 2 is 1.90 bits per heavy atom. The van der Waals surface area contributed by atoms with Gasteiger partial charge in [0.2, 0.25) is 5.91 Å². The highest BCUT2D eigenvalue weighted by atomic mass is 16.5. The van der Waals surface area contributed by atoms with Crippen molar-refractivity contribution in [1.29, 1.82) is 0 Å². The molecule has 0 spiro atoms. The van der Waals surface area contributed by atoms with Crippen molar-refractivity contribution in [2.75, 3.05) is 13.2 Å². The van der Waals surface area contributed by atoms with Crippen LogP contribution in [0.5, 0.6) is 11.5 Å². The molecular formula is C17H17NO3. The first kappa shape index (κ1) is 13.5. The summed E-state index contributed by atoms with van der Waals surface area (Å²) in [6.45, 7) is 0.857. The van der Waals surface area contributed by atoms with E-state index < -0.39 is 0 Å². The van der Waals surface area contributed by atoms with Crippen LogP contribution >= 0.6 is 0 Å². The van der Waals surface area contributed by atoms with Gasteiger partial charge in [-0.2, -0.15) is 0 Å². The molecule has 1 unspecified atom stereocenters. The molecule has 3 rings (SSSR count). The number of carbonyl (C=O) groups is 1. The number of para-hydroxylation sites is 2. The SMILES string of the molecule is O=C(CCOc1ccccc1)NC1COc2ccccc21. The van der Waals surface area contributed by atoms with Gasteiger partial charge in [0.1, 0.15) is 18.1 Å². The minimum atomic E-state index is -0.0644. The van der Waals surface area contributed by atoms with Crippen molar-refractivity contribution >= 4 is 5.91 Å². The summed E-state index contributed by atoms with van der Waals surface area (Å²) in [6.07, 6.45) is 0.327. The number of fused-ring (bicyclic) bond motifs is 1. The molecule has 21 heavy (non-hydrogen) atoms. The summed E-state index contributed by atoms with van der Waals surface area (Å²) in [4.78, 5) is 12.0. The number of carbonyl (C=O) groups excluding carboxylic acids is 1. The summed E-state index contributed by atoms with van der Waals surface area (Å²) in [5, 5.41) is 2.98. The van der Waals surface area contributed by atoms with Gasteiger partial charge in [-0.3, -0.25) is 4.79 Å². The molecule has 0 bridgehead atoms. The van der Waals surface area contributed by atoms with Crippen LogP contribution in [0.15, 0.2) is 54.6 Å². The van der Waals surface area contributed by atoms with E-state index in [9.17, 15) is 4.79 Å². The lowest BCUT2D eigenvalue weighted by Crippen LogP contribution is -2.30. The highest BCUT2D eigenvalue weighted by molar-refractivity contribution is 5.76. The van der Waals surface area contributed by atoms with Crippen LogP contribution in [-0.4, -0.2) is 19.1 Å². The first-order valence-electron chi connectivity index (χ1n) is 7.02. The van der Waals surface area contributed by atoms with E-state index in [2.05, 4.69) is 5.32 Å². The fraction of sp³-hybridized carbons (Fsp3) is 0.235. The average Bonchev–Trinajstić information content (AvgIpc) is 2.92. The molecule has 0 aliphatic carbocycles.